The molecule has 2 N–H and O–H groups in total. The fraction of sp³-hybridized carbons (Fsp3) is 0.375. The highest BCUT2D eigenvalue weighted by atomic mass is 127. The van der Waals surface area contributed by atoms with E-state index >= 15 is 0 Å². The summed E-state index contributed by atoms with van der Waals surface area (Å²) in [5.74, 6) is 2.47. The van der Waals surface area contributed by atoms with Crippen molar-refractivity contribution in [1.29, 1.82) is 0 Å². The maximum atomic E-state index is 6.06. The molecule has 0 spiro atoms. The molecule has 21 heavy (non-hydrogen) atoms. The Morgan fingerprint density at radius 3 is 2.62 bits per heavy atom. The maximum absolute atomic E-state index is 6.06. The van der Waals surface area contributed by atoms with E-state index in [9.17, 15) is 0 Å². The summed E-state index contributed by atoms with van der Waals surface area (Å²) in [5, 5.41) is 0. The van der Waals surface area contributed by atoms with Crippen molar-refractivity contribution in [1.82, 2.24) is 9.97 Å². The second kappa shape index (κ2) is 7.06. The Labute approximate surface area is 139 Å². The summed E-state index contributed by atoms with van der Waals surface area (Å²) in [4.78, 5) is 9.14. The van der Waals surface area contributed by atoms with Gasteiger partial charge in [0.1, 0.15) is 11.6 Å². The fourth-order valence-electron chi connectivity index (χ4n) is 2.09. The molecule has 0 saturated heterocycles. The SMILES string of the molecule is CCOc1ccccc1-c1nc(N)c(I)c(CC(C)C)n1. The fourth-order valence-corrected chi connectivity index (χ4v) is 2.55. The second-order valence-electron chi connectivity index (χ2n) is 5.22. The van der Waals surface area contributed by atoms with Crippen molar-refractivity contribution in [2.75, 3.05) is 12.3 Å². The summed E-state index contributed by atoms with van der Waals surface area (Å²) in [6.45, 7) is 6.91. The first-order valence-corrected chi connectivity index (χ1v) is 8.14. The number of anilines is 1. The first kappa shape index (κ1) is 16.0. The predicted molar refractivity (Wildman–Crippen MR) is 94.3 cm³/mol. The van der Waals surface area contributed by atoms with Gasteiger partial charge in [-0.05, 0) is 54.0 Å². The van der Waals surface area contributed by atoms with Gasteiger partial charge in [-0.3, -0.25) is 0 Å². The second-order valence-corrected chi connectivity index (χ2v) is 6.30. The number of rotatable bonds is 5. The van der Waals surface area contributed by atoms with Gasteiger partial charge in [-0.15, -0.1) is 0 Å². The number of para-hydroxylation sites is 1. The Morgan fingerprint density at radius 1 is 1.24 bits per heavy atom. The smallest absolute Gasteiger partial charge is 0.165 e. The molecule has 0 bridgehead atoms. The molecule has 0 amide bonds. The summed E-state index contributed by atoms with van der Waals surface area (Å²) >= 11 is 2.22. The lowest BCUT2D eigenvalue weighted by atomic mass is 10.1. The van der Waals surface area contributed by atoms with E-state index in [2.05, 4.69) is 41.4 Å². The van der Waals surface area contributed by atoms with Gasteiger partial charge < -0.3 is 10.5 Å². The zero-order valence-electron chi connectivity index (χ0n) is 12.6. The van der Waals surface area contributed by atoms with Gasteiger partial charge in [0.05, 0.1) is 21.4 Å². The molecule has 2 rings (SSSR count). The summed E-state index contributed by atoms with van der Waals surface area (Å²) in [6.07, 6.45) is 0.884. The lowest BCUT2D eigenvalue weighted by Gasteiger charge is -2.13. The number of nitrogens with two attached hydrogens (primary N) is 1. The van der Waals surface area contributed by atoms with Crippen LogP contribution >= 0.6 is 22.6 Å². The van der Waals surface area contributed by atoms with Crippen LogP contribution in [0.15, 0.2) is 24.3 Å². The van der Waals surface area contributed by atoms with Gasteiger partial charge in [-0.1, -0.05) is 26.0 Å². The van der Waals surface area contributed by atoms with Crippen LogP contribution in [0.25, 0.3) is 11.4 Å². The molecule has 1 aromatic heterocycles. The van der Waals surface area contributed by atoms with E-state index in [0.29, 0.717) is 24.2 Å². The first-order chi connectivity index (χ1) is 10.0. The van der Waals surface area contributed by atoms with Crippen molar-refractivity contribution in [2.45, 2.75) is 27.2 Å². The van der Waals surface area contributed by atoms with Crippen molar-refractivity contribution in [3.05, 3.63) is 33.5 Å². The van der Waals surface area contributed by atoms with E-state index in [1.807, 2.05) is 31.2 Å². The summed E-state index contributed by atoms with van der Waals surface area (Å²) in [6, 6.07) is 7.79. The van der Waals surface area contributed by atoms with Crippen LogP contribution < -0.4 is 10.5 Å². The molecule has 5 heteroatoms. The molecular weight excluding hydrogens is 377 g/mol. The van der Waals surface area contributed by atoms with Gasteiger partial charge in [-0.25, -0.2) is 9.97 Å². The van der Waals surface area contributed by atoms with Crippen LogP contribution in [-0.2, 0) is 6.42 Å². The van der Waals surface area contributed by atoms with Crippen LogP contribution in [0.1, 0.15) is 26.5 Å². The third-order valence-electron chi connectivity index (χ3n) is 2.97. The monoisotopic (exact) mass is 397 g/mol. The minimum absolute atomic E-state index is 0.516. The largest absolute Gasteiger partial charge is 0.493 e. The van der Waals surface area contributed by atoms with Gasteiger partial charge in [0, 0.05) is 0 Å². The van der Waals surface area contributed by atoms with Crippen LogP contribution in [0.4, 0.5) is 5.82 Å². The molecule has 0 radical (unpaired) electrons. The number of benzene rings is 1. The lowest BCUT2D eigenvalue weighted by molar-refractivity contribution is 0.341. The Hall–Kier alpha value is -1.37. The lowest BCUT2D eigenvalue weighted by Crippen LogP contribution is -2.08. The highest BCUT2D eigenvalue weighted by Crippen LogP contribution is 2.30. The normalized spacial score (nSPS) is 10.9. The van der Waals surface area contributed by atoms with Crippen molar-refractivity contribution in [3.63, 3.8) is 0 Å². The number of hydrogen-bond donors (Lipinski definition) is 1. The van der Waals surface area contributed by atoms with E-state index < -0.39 is 0 Å². The molecule has 1 heterocycles. The Kier molecular flexibility index (Phi) is 5.39. The van der Waals surface area contributed by atoms with E-state index in [0.717, 1.165) is 27.0 Å². The van der Waals surface area contributed by atoms with E-state index in [4.69, 9.17) is 15.5 Å². The topological polar surface area (TPSA) is 61.0 Å². The predicted octanol–water partition coefficient (Wildman–Crippen LogP) is 3.93. The van der Waals surface area contributed by atoms with Crippen molar-refractivity contribution in [2.24, 2.45) is 5.92 Å². The number of nitrogens with zero attached hydrogens (tertiary/aromatic N) is 2. The molecule has 0 aliphatic heterocycles. The summed E-state index contributed by atoms with van der Waals surface area (Å²) in [5.41, 5.74) is 7.94. The van der Waals surface area contributed by atoms with Crippen LogP contribution in [0.5, 0.6) is 5.75 Å². The molecule has 0 saturated carbocycles. The third-order valence-corrected chi connectivity index (χ3v) is 4.15. The van der Waals surface area contributed by atoms with Crippen LogP contribution in [0, 0.1) is 9.49 Å². The third kappa shape index (κ3) is 3.84. The Morgan fingerprint density at radius 2 is 1.95 bits per heavy atom. The maximum Gasteiger partial charge on any atom is 0.165 e. The van der Waals surface area contributed by atoms with Crippen LogP contribution in [-0.4, -0.2) is 16.6 Å². The molecule has 0 aliphatic rings. The van der Waals surface area contributed by atoms with E-state index in [1.54, 1.807) is 0 Å². The Balaban J connectivity index is 2.52. The Bertz CT molecular complexity index is 629. The number of hydrogen-bond acceptors (Lipinski definition) is 4. The van der Waals surface area contributed by atoms with E-state index in [-0.39, 0.29) is 0 Å². The molecule has 0 aliphatic carbocycles. The van der Waals surface area contributed by atoms with Gasteiger partial charge in [0.25, 0.3) is 0 Å². The van der Waals surface area contributed by atoms with Crippen molar-refractivity contribution < 1.29 is 4.74 Å². The standard InChI is InChI=1S/C16H20IN3O/c1-4-21-13-8-6-5-7-11(13)16-19-12(9-10(2)3)14(17)15(18)20-16/h5-8,10H,4,9H2,1-3H3,(H2,18,19,20). The first-order valence-electron chi connectivity index (χ1n) is 7.07. The zero-order valence-corrected chi connectivity index (χ0v) is 14.7. The summed E-state index contributed by atoms with van der Waals surface area (Å²) < 4.78 is 6.60. The molecule has 2 aromatic rings. The van der Waals surface area contributed by atoms with Crippen LogP contribution in [0.2, 0.25) is 0 Å². The van der Waals surface area contributed by atoms with Gasteiger partial charge in [0.2, 0.25) is 0 Å². The van der Waals surface area contributed by atoms with Gasteiger partial charge >= 0.3 is 0 Å². The van der Waals surface area contributed by atoms with Gasteiger partial charge in [-0.2, -0.15) is 0 Å². The molecule has 4 nitrogen and oxygen atoms in total. The average Bonchev–Trinajstić information content (AvgIpc) is 2.44. The van der Waals surface area contributed by atoms with E-state index in [1.165, 1.54) is 0 Å². The molecule has 1 aromatic carbocycles. The number of ether oxygens (including phenoxy) is 1. The van der Waals surface area contributed by atoms with Crippen LogP contribution in [0.3, 0.4) is 0 Å². The van der Waals surface area contributed by atoms with Crippen molar-refractivity contribution in [3.8, 4) is 17.1 Å². The minimum Gasteiger partial charge on any atom is -0.493 e. The highest BCUT2D eigenvalue weighted by molar-refractivity contribution is 14.1. The number of nitrogen functional groups attached to an aromatic ring is 1. The van der Waals surface area contributed by atoms with Crippen molar-refractivity contribution >= 4 is 28.4 Å². The number of aromatic nitrogens is 2. The quantitative estimate of drug-likeness (QED) is 0.777. The zero-order chi connectivity index (χ0) is 15.4. The molecule has 0 fully saturated rings. The van der Waals surface area contributed by atoms with Gasteiger partial charge in [0.15, 0.2) is 5.82 Å². The summed E-state index contributed by atoms with van der Waals surface area (Å²) in [7, 11) is 0. The minimum atomic E-state index is 0.516. The highest BCUT2D eigenvalue weighted by Gasteiger charge is 2.15. The number of halogens is 1. The molecule has 0 atom stereocenters. The average molecular weight is 397 g/mol. The molecule has 0 unspecified atom stereocenters. The molecular formula is C16H20IN3O. The molecule has 112 valence electrons.